The number of hydrogen-bond acceptors (Lipinski definition) is 0. The van der Waals surface area contributed by atoms with Gasteiger partial charge in [0.05, 0.1) is 27.8 Å². The summed E-state index contributed by atoms with van der Waals surface area (Å²) in [5.74, 6) is 0. The minimum Gasteiger partial charge on any atom is -0.307 e. The predicted molar refractivity (Wildman–Crippen MR) is 327 cm³/mol. The Kier molecular flexibility index (Phi) is 10.3. The van der Waals surface area contributed by atoms with Gasteiger partial charge < -0.3 is 9.13 Å². The lowest BCUT2D eigenvalue weighted by Gasteiger charge is -2.34. The van der Waals surface area contributed by atoms with Crippen molar-refractivity contribution in [2.75, 3.05) is 0 Å². The second-order valence-electron chi connectivity index (χ2n) is 20.3. The van der Waals surface area contributed by atoms with Crippen LogP contribution in [0.5, 0.6) is 0 Å². The molecule has 1 aliphatic heterocycles. The fraction of sp³-hybridized carbons (Fsp3) is 0. The standard InChI is InChI=1S/C72H50N2Si2/c1-6-26-53(27-7-1)75(54-28-8-2-9-29-54,55-30-10-3-11-31-55)58-36-22-25-52(50-58)73-66-43-19-16-37-60(66)63-41-24-45-69(71(63)73)74-67-44-20-17-38-61(67)65-49-51(47-48-68(65)74)59-40-23-42-64-62-39-18-21-46-70(62)76(72(59)64,56-32-12-4-13-33-56)57-34-14-5-15-35-57/h1-50H. The Labute approximate surface area is 444 Å². The molecule has 0 unspecified atom stereocenters. The molecule has 0 atom stereocenters. The van der Waals surface area contributed by atoms with E-state index in [1.54, 1.807) is 0 Å². The summed E-state index contributed by atoms with van der Waals surface area (Å²) >= 11 is 0. The first-order valence-corrected chi connectivity index (χ1v) is 30.4. The number of hydrogen-bond donors (Lipinski definition) is 0. The van der Waals surface area contributed by atoms with Crippen molar-refractivity contribution < 1.29 is 0 Å². The lowest BCUT2D eigenvalue weighted by Crippen LogP contribution is -2.74. The first-order chi connectivity index (χ1) is 37.7. The summed E-state index contributed by atoms with van der Waals surface area (Å²) in [5, 5.41) is 16.1. The summed E-state index contributed by atoms with van der Waals surface area (Å²) in [4.78, 5) is 0. The first kappa shape index (κ1) is 44.2. The molecule has 76 heavy (non-hydrogen) atoms. The third kappa shape index (κ3) is 6.38. The molecular formula is C72H50N2Si2. The van der Waals surface area contributed by atoms with E-state index in [2.05, 4.69) is 312 Å². The number of para-hydroxylation sites is 3. The van der Waals surface area contributed by atoms with Gasteiger partial charge in [-0.25, -0.2) is 0 Å². The molecule has 2 nitrogen and oxygen atoms in total. The second kappa shape index (κ2) is 17.7. The van der Waals surface area contributed by atoms with Crippen LogP contribution in [0.25, 0.3) is 77.2 Å². The third-order valence-electron chi connectivity index (χ3n) is 16.5. The van der Waals surface area contributed by atoms with E-state index in [4.69, 9.17) is 0 Å². The van der Waals surface area contributed by atoms with Gasteiger partial charge in [-0.15, -0.1) is 0 Å². The van der Waals surface area contributed by atoms with Crippen molar-refractivity contribution in [3.05, 3.63) is 303 Å². The predicted octanol–water partition coefficient (Wildman–Crippen LogP) is 12.3. The topological polar surface area (TPSA) is 9.86 Å². The van der Waals surface area contributed by atoms with E-state index in [1.807, 2.05) is 0 Å². The molecule has 1 aliphatic rings. The maximum Gasteiger partial charge on any atom is 0.181 e. The third-order valence-corrected chi connectivity index (χ3v) is 26.2. The van der Waals surface area contributed by atoms with E-state index >= 15 is 0 Å². The summed E-state index contributed by atoms with van der Waals surface area (Å²) in [6.45, 7) is 0. The second-order valence-corrected chi connectivity index (χ2v) is 27.8. The zero-order chi connectivity index (χ0) is 50.2. The number of aromatic nitrogens is 2. The van der Waals surface area contributed by atoms with Gasteiger partial charge in [0.2, 0.25) is 0 Å². The van der Waals surface area contributed by atoms with Crippen LogP contribution >= 0.6 is 0 Å². The summed E-state index contributed by atoms with van der Waals surface area (Å²) in [7, 11) is -5.63. The number of fused-ring (bicyclic) bond motifs is 9. The van der Waals surface area contributed by atoms with Crippen LogP contribution in [-0.4, -0.2) is 25.3 Å². The average Bonchev–Trinajstić information content (AvgIpc) is 4.31. The highest BCUT2D eigenvalue weighted by Gasteiger charge is 2.50. The van der Waals surface area contributed by atoms with Crippen LogP contribution < -0.4 is 41.5 Å². The lowest BCUT2D eigenvalue weighted by atomic mass is 9.98. The number of rotatable bonds is 9. The van der Waals surface area contributed by atoms with Crippen LogP contribution in [0.3, 0.4) is 0 Å². The molecule has 12 aromatic carbocycles. The van der Waals surface area contributed by atoms with E-state index in [9.17, 15) is 0 Å². The van der Waals surface area contributed by atoms with Crippen molar-refractivity contribution >= 4 is 101 Å². The van der Waals surface area contributed by atoms with Crippen molar-refractivity contribution in [1.82, 2.24) is 9.13 Å². The van der Waals surface area contributed by atoms with Gasteiger partial charge >= 0.3 is 0 Å². The highest BCUT2D eigenvalue weighted by Crippen LogP contribution is 2.42. The van der Waals surface area contributed by atoms with Crippen molar-refractivity contribution in [2.45, 2.75) is 0 Å². The van der Waals surface area contributed by atoms with Crippen molar-refractivity contribution in [3.63, 3.8) is 0 Å². The Morgan fingerprint density at radius 3 is 1.39 bits per heavy atom. The van der Waals surface area contributed by atoms with Gasteiger partial charge in [0.15, 0.2) is 16.1 Å². The van der Waals surface area contributed by atoms with E-state index < -0.39 is 16.1 Å². The monoisotopic (exact) mass is 998 g/mol. The molecule has 0 aliphatic carbocycles. The molecule has 4 heteroatoms. The normalized spacial score (nSPS) is 12.8. The Balaban J connectivity index is 0.975. The summed E-state index contributed by atoms with van der Waals surface area (Å²) in [6, 6.07) is 114. The van der Waals surface area contributed by atoms with Gasteiger partial charge in [-0.1, -0.05) is 261 Å². The molecule has 0 N–H and O–H groups in total. The smallest absolute Gasteiger partial charge is 0.181 e. The number of benzene rings is 12. The minimum atomic E-state index is -2.84. The molecule has 0 saturated heterocycles. The molecule has 356 valence electrons. The molecule has 0 fully saturated rings. The summed E-state index contributed by atoms with van der Waals surface area (Å²) in [6.07, 6.45) is 0. The SMILES string of the molecule is c1ccc([Si](c2ccccc2)(c2ccccc2)c2cccc(-n3c4ccccc4c4cccc(-n5c6ccccc6c6cc(-c7cccc8c7[Si](c7ccccc7)(c7ccccc7)c7ccccc7-8)ccc65)c43)c2)cc1. The van der Waals surface area contributed by atoms with Gasteiger partial charge in [0.1, 0.15) is 0 Å². The van der Waals surface area contributed by atoms with Crippen molar-refractivity contribution in [3.8, 4) is 33.6 Å². The Bertz CT molecular complexity index is 4370. The van der Waals surface area contributed by atoms with E-state index in [1.165, 1.54) is 107 Å². The zero-order valence-corrected chi connectivity index (χ0v) is 43.8. The Morgan fingerprint density at radius 1 is 0.289 bits per heavy atom. The van der Waals surface area contributed by atoms with Crippen LogP contribution in [0, 0.1) is 0 Å². The summed E-state index contributed by atoms with van der Waals surface area (Å²) in [5.41, 5.74) is 12.2. The molecule has 0 amide bonds. The maximum absolute atomic E-state index is 2.84. The molecule has 15 rings (SSSR count). The fourth-order valence-electron chi connectivity index (χ4n) is 13.5. The first-order valence-electron chi connectivity index (χ1n) is 26.4. The van der Waals surface area contributed by atoms with Crippen LogP contribution in [-0.2, 0) is 0 Å². The Hall–Kier alpha value is -9.33. The molecule has 14 aromatic rings. The minimum absolute atomic E-state index is 1.14. The number of nitrogens with zero attached hydrogens (tertiary/aromatic N) is 2. The Morgan fingerprint density at radius 2 is 0.750 bits per heavy atom. The van der Waals surface area contributed by atoms with Crippen molar-refractivity contribution in [1.29, 1.82) is 0 Å². The van der Waals surface area contributed by atoms with Crippen LogP contribution in [0.15, 0.2) is 303 Å². The van der Waals surface area contributed by atoms with E-state index in [0.717, 1.165) is 11.4 Å². The highest BCUT2D eigenvalue weighted by molar-refractivity contribution is 7.23. The largest absolute Gasteiger partial charge is 0.307 e. The van der Waals surface area contributed by atoms with Gasteiger partial charge in [0, 0.05) is 27.2 Å². The highest BCUT2D eigenvalue weighted by atomic mass is 28.3. The molecule has 2 aromatic heterocycles. The molecule has 3 heterocycles. The van der Waals surface area contributed by atoms with Crippen LogP contribution in [0.4, 0.5) is 0 Å². The maximum atomic E-state index is 2.54. The van der Waals surface area contributed by atoms with Gasteiger partial charge in [0.25, 0.3) is 0 Å². The van der Waals surface area contributed by atoms with Crippen molar-refractivity contribution in [2.24, 2.45) is 0 Å². The van der Waals surface area contributed by atoms with Crippen LogP contribution in [0.2, 0.25) is 0 Å². The quantitative estimate of drug-likeness (QED) is 0.101. The fourth-order valence-corrected chi connectivity index (χ4v) is 23.7. The molecular weight excluding hydrogens is 949 g/mol. The summed E-state index contributed by atoms with van der Waals surface area (Å²) < 4.78 is 5.08. The molecule has 0 saturated carbocycles. The lowest BCUT2D eigenvalue weighted by molar-refractivity contribution is 1.13. The van der Waals surface area contributed by atoms with Gasteiger partial charge in [-0.05, 0) is 106 Å². The molecule has 0 radical (unpaired) electrons. The van der Waals surface area contributed by atoms with Crippen LogP contribution in [0.1, 0.15) is 0 Å². The molecule has 0 spiro atoms. The van der Waals surface area contributed by atoms with Gasteiger partial charge in [-0.2, -0.15) is 0 Å². The molecule has 0 bridgehead atoms. The zero-order valence-electron chi connectivity index (χ0n) is 41.8. The average molecular weight is 999 g/mol. The van der Waals surface area contributed by atoms with E-state index in [-0.39, 0.29) is 0 Å². The van der Waals surface area contributed by atoms with E-state index in [0.29, 0.717) is 0 Å². The van der Waals surface area contributed by atoms with Gasteiger partial charge in [-0.3, -0.25) is 0 Å².